The summed E-state index contributed by atoms with van der Waals surface area (Å²) in [5.41, 5.74) is 0. The van der Waals surface area contributed by atoms with Crippen LogP contribution in [0, 0.1) is 0 Å². The summed E-state index contributed by atoms with van der Waals surface area (Å²) in [4.78, 5) is 27.4. The third kappa shape index (κ3) is 4.17. The van der Waals surface area contributed by atoms with E-state index in [1.54, 1.807) is 0 Å². The minimum absolute atomic E-state index is 0.0211. The van der Waals surface area contributed by atoms with Gasteiger partial charge in [0.1, 0.15) is 6.61 Å². The predicted molar refractivity (Wildman–Crippen MR) is 76.4 cm³/mol. The number of carbonyl (C=O) groups excluding carboxylic acids is 1. The Morgan fingerprint density at radius 1 is 0.957 bits per heavy atom. The van der Waals surface area contributed by atoms with Crippen LogP contribution in [0.4, 0.5) is 11.9 Å². The molecule has 2 fully saturated rings. The van der Waals surface area contributed by atoms with E-state index in [2.05, 4.69) is 15.0 Å². The van der Waals surface area contributed by atoms with Crippen molar-refractivity contribution in [1.82, 2.24) is 15.0 Å². The summed E-state index contributed by atoms with van der Waals surface area (Å²) in [5, 5.41) is 10.6. The number of morpholine rings is 2. The Labute approximate surface area is 133 Å². The molecule has 0 bridgehead atoms. The van der Waals surface area contributed by atoms with Gasteiger partial charge in [0.15, 0.2) is 0 Å². The van der Waals surface area contributed by atoms with Crippen molar-refractivity contribution in [3.05, 3.63) is 0 Å². The van der Waals surface area contributed by atoms with Gasteiger partial charge in [-0.05, 0) is 0 Å². The summed E-state index contributed by atoms with van der Waals surface area (Å²) >= 11 is 0. The van der Waals surface area contributed by atoms with Crippen LogP contribution in [0.2, 0.25) is 0 Å². The zero-order chi connectivity index (χ0) is 16.1. The molecule has 3 heterocycles. The number of carbonyl (C=O) groups is 1. The van der Waals surface area contributed by atoms with E-state index in [0.29, 0.717) is 64.5 Å². The highest BCUT2D eigenvalue weighted by Gasteiger charge is 2.21. The van der Waals surface area contributed by atoms with Crippen LogP contribution in [0.15, 0.2) is 0 Å². The molecule has 2 aliphatic rings. The van der Waals surface area contributed by atoms with Crippen molar-refractivity contribution < 1.29 is 24.1 Å². The first kappa shape index (κ1) is 15.7. The number of ether oxygens (including phenoxy) is 3. The van der Waals surface area contributed by atoms with Gasteiger partial charge in [-0.15, -0.1) is 0 Å². The molecule has 0 amide bonds. The van der Waals surface area contributed by atoms with Crippen molar-refractivity contribution in [2.45, 2.75) is 0 Å². The van der Waals surface area contributed by atoms with E-state index in [0.717, 1.165) is 0 Å². The molecule has 0 unspecified atom stereocenters. The minimum atomic E-state index is -1.33. The first-order valence-electron chi connectivity index (χ1n) is 7.46. The van der Waals surface area contributed by atoms with Crippen LogP contribution in [-0.4, -0.2) is 80.1 Å². The number of aromatic nitrogens is 3. The Hall–Kier alpha value is -2.20. The smallest absolute Gasteiger partial charge is 0.323 e. The monoisotopic (exact) mass is 324 g/mol. The number of anilines is 2. The van der Waals surface area contributed by atoms with Gasteiger partial charge in [0.2, 0.25) is 11.9 Å². The van der Waals surface area contributed by atoms with Crippen LogP contribution in [-0.2, 0) is 14.3 Å². The fourth-order valence-electron chi connectivity index (χ4n) is 2.33. The maximum Gasteiger partial charge on any atom is 0.323 e. The summed E-state index contributed by atoms with van der Waals surface area (Å²) in [6, 6.07) is -0.0211. The largest absolute Gasteiger partial charge is 0.546 e. The molecule has 1 aromatic heterocycles. The third-order valence-corrected chi connectivity index (χ3v) is 3.50. The van der Waals surface area contributed by atoms with E-state index in [-0.39, 0.29) is 6.01 Å². The number of hydrogen-bond acceptors (Lipinski definition) is 10. The molecule has 10 nitrogen and oxygen atoms in total. The number of aliphatic carboxylic acids is 1. The molecule has 0 N–H and O–H groups in total. The first-order chi connectivity index (χ1) is 11.2. The maximum absolute atomic E-state index is 10.6. The molecular formula is C13H18N5O5-. The number of rotatable bonds is 5. The van der Waals surface area contributed by atoms with Crippen molar-refractivity contribution in [1.29, 1.82) is 0 Å². The number of carboxylic acid groups (broad SMARTS) is 1. The van der Waals surface area contributed by atoms with E-state index < -0.39 is 12.6 Å². The summed E-state index contributed by atoms with van der Waals surface area (Å²) in [7, 11) is 0. The van der Waals surface area contributed by atoms with E-state index >= 15 is 0 Å². The van der Waals surface area contributed by atoms with Gasteiger partial charge in [0, 0.05) is 26.2 Å². The van der Waals surface area contributed by atoms with E-state index in [4.69, 9.17) is 14.2 Å². The van der Waals surface area contributed by atoms with E-state index in [1.807, 2.05) is 9.80 Å². The quantitative estimate of drug-likeness (QED) is 0.584. The highest BCUT2D eigenvalue weighted by Crippen LogP contribution is 2.19. The summed E-state index contributed by atoms with van der Waals surface area (Å²) < 4.78 is 15.7. The van der Waals surface area contributed by atoms with Crippen molar-refractivity contribution in [2.24, 2.45) is 0 Å². The molecule has 126 valence electrons. The second-order valence-electron chi connectivity index (χ2n) is 5.08. The Morgan fingerprint density at radius 2 is 1.43 bits per heavy atom. The predicted octanol–water partition coefficient (Wildman–Crippen LogP) is -2.33. The average molecular weight is 324 g/mol. The van der Waals surface area contributed by atoms with Gasteiger partial charge in [-0.2, -0.15) is 15.0 Å². The maximum atomic E-state index is 10.6. The lowest BCUT2D eigenvalue weighted by Crippen LogP contribution is -2.40. The van der Waals surface area contributed by atoms with Crippen LogP contribution in [0.5, 0.6) is 6.01 Å². The van der Waals surface area contributed by atoms with Gasteiger partial charge in [0.05, 0.1) is 32.4 Å². The molecule has 1 aromatic rings. The highest BCUT2D eigenvalue weighted by atomic mass is 16.5. The lowest BCUT2D eigenvalue weighted by atomic mass is 10.4. The van der Waals surface area contributed by atoms with Gasteiger partial charge in [0.25, 0.3) is 0 Å². The Bertz CT molecular complexity index is 509. The minimum Gasteiger partial charge on any atom is -0.546 e. The van der Waals surface area contributed by atoms with Crippen molar-refractivity contribution in [3.8, 4) is 6.01 Å². The Kier molecular flexibility index (Phi) is 5.03. The molecular weight excluding hydrogens is 306 g/mol. The molecule has 0 aromatic carbocycles. The zero-order valence-corrected chi connectivity index (χ0v) is 12.6. The number of hydrogen-bond donors (Lipinski definition) is 0. The fraction of sp³-hybridized carbons (Fsp3) is 0.692. The normalized spacial score (nSPS) is 18.8. The Morgan fingerprint density at radius 3 is 1.87 bits per heavy atom. The average Bonchev–Trinajstić information content (AvgIpc) is 2.61. The van der Waals surface area contributed by atoms with Gasteiger partial charge in [-0.3, -0.25) is 0 Å². The first-order valence-corrected chi connectivity index (χ1v) is 7.46. The summed E-state index contributed by atoms with van der Waals surface area (Å²) in [6.07, 6.45) is 0. The van der Waals surface area contributed by atoms with Crippen LogP contribution in [0.3, 0.4) is 0 Å². The summed E-state index contributed by atoms with van der Waals surface area (Å²) in [5.74, 6) is -0.414. The van der Waals surface area contributed by atoms with Crippen LogP contribution < -0.4 is 19.6 Å². The molecule has 0 aliphatic carbocycles. The van der Waals surface area contributed by atoms with Crippen LogP contribution >= 0.6 is 0 Å². The summed E-state index contributed by atoms with van der Waals surface area (Å²) in [6.45, 7) is 4.40. The molecule has 2 aliphatic heterocycles. The van der Waals surface area contributed by atoms with E-state index in [9.17, 15) is 9.90 Å². The van der Waals surface area contributed by atoms with Crippen molar-refractivity contribution >= 4 is 17.9 Å². The SMILES string of the molecule is O=C([O-])COc1nc(N2CCOCC2)nc(N2CCOCC2)n1. The Balaban J connectivity index is 1.83. The molecule has 10 heteroatoms. The van der Waals surface area contributed by atoms with Gasteiger partial charge >= 0.3 is 6.01 Å². The lowest BCUT2D eigenvalue weighted by molar-refractivity contribution is -0.307. The van der Waals surface area contributed by atoms with Crippen LogP contribution in [0.1, 0.15) is 0 Å². The highest BCUT2D eigenvalue weighted by molar-refractivity contribution is 5.65. The molecule has 0 radical (unpaired) electrons. The number of carboxylic acids is 1. The molecule has 0 atom stereocenters. The van der Waals surface area contributed by atoms with E-state index in [1.165, 1.54) is 0 Å². The molecule has 0 spiro atoms. The standard InChI is InChI=1S/C13H19N5O5/c19-10(20)9-23-13-15-11(17-1-5-21-6-2-17)14-12(16-13)18-3-7-22-8-4-18/h1-9H2,(H,19,20)/p-1. The number of nitrogens with zero attached hydrogens (tertiary/aromatic N) is 5. The molecule has 0 saturated carbocycles. The second-order valence-corrected chi connectivity index (χ2v) is 5.08. The lowest BCUT2D eigenvalue weighted by Gasteiger charge is -2.30. The fourth-order valence-corrected chi connectivity index (χ4v) is 2.33. The topological polar surface area (TPSA) is 113 Å². The molecule has 2 saturated heterocycles. The zero-order valence-electron chi connectivity index (χ0n) is 12.6. The molecule has 3 rings (SSSR count). The van der Waals surface area contributed by atoms with Crippen molar-refractivity contribution in [2.75, 3.05) is 69.0 Å². The van der Waals surface area contributed by atoms with Crippen molar-refractivity contribution in [3.63, 3.8) is 0 Å². The second kappa shape index (κ2) is 7.38. The third-order valence-electron chi connectivity index (χ3n) is 3.50. The van der Waals surface area contributed by atoms with Gasteiger partial charge in [-0.25, -0.2) is 0 Å². The molecule has 23 heavy (non-hydrogen) atoms. The van der Waals surface area contributed by atoms with Crippen LogP contribution in [0.25, 0.3) is 0 Å². The van der Waals surface area contributed by atoms with Gasteiger partial charge < -0.3 is 33.9 Å². The van der Waals surface area contributed by atoms with Gasteiger partial charge in [-0.1, -0.05) is 0 Å².